The molecular weight excluding hydrogens is 514 g/mol. The molecule has 0 spiro atoms. The molecule has 41 heavy (non-hydrogen) atoms. The molecule has 8 heteroatoms. The molecular formula is C33H35N5O3. The van der Waals surface area contributed by atoms with Crippen LogP contribution in [0.15, 0.2) is 72.9 Å². The highest BCUT2D eigenvalue weighted by Crippen LogP contribution is 2.33. The summed E-state index contributed by atoms with van der Waals surface area (Å²) in [5.74, 6) is 0.884. The predicted octanol–water partition coefficient (Wildman–Crippen LogP) is 5.94. The first-order valence-corrected chi connectivity index (χ1v) is 14.2. The molecule has 0 saturated carbocycles. The number of hydrogen-bond donors (Lipinski definition) is 2. The van der Waals surface area contributed by atoms with Gasteiger partial charge in [0.2, 0.25) is 0 Å². The van der Waals surface area contributed by atoms with Gasteiger partial charge in [-0.1, -0.05) is 50.2 Å². The van der Waals surface area contributed by atoms with Crippen LogP contribution in [0.3, 0.4) is 0 Å². The molecule has 1 aliphatic heterocycles. The van der Waals surface area contributed by atoms with E-state index < -0.39 is 5.97 Å². The number of pyridine rings is 1. The van der Waals surface area contributed by atoms with E-state index in [4.69, 9.17) is 15.6 Å². The van der Waals surface area contributed by atoms with Gasteiger partial charge >= 0.3 is 5.97 Å². The first-order valence-electron chi connectivity index (χ1n) is 14.2. The number of carboxylic acid groups (broad SMARTS) is 1. The van der Waals surface area contributed by atoms with Crippen molar-refractivity contribution in [3.05, 3.63) is 84.2 Å². The van der Waals surface area contributed by atoms with Gasteiger partial charge in [-0.15, -0.1) is 0 Å². The van der Waals surface area contributed by atoms with E-state index in [1.807, 2.05) is 24.3 Å². The first-order chi connectivity index (χ1) is 19.9. The Kier molecular flexibility index (Phi) is 7.32. The molecule has 5 aromatic rings. The molecule has 6 rings (SSSR count). The van der Waals surface area contributed by atoms with Crippen LogP contribution >= 0.6 is 0 Å². The number of rotatable bonds is 10. The minimum absolute atomic E-state index is 0.0896. The maximum absolute atomic E-state index is 11.4. The van der Waals surface area contributed by atoms with Crippen molar-refractivity contribution in [1.82, 2.24) is 19.7 Å². The minimum Gasteiger partial charge on any atom is -0.487 e. The molecule has 0 aliphatic carbocycles. The minimum atomic E-state index is -0.886. The molecule has 0 amide bonds. The molecule has 210 valence electrons. The molecule has 3 heterocycles. The fraction of sp³-hybridized carbons (Fsp3) is 0.303. The molecule has 0 bridgehead atoms. The Morgan fingerprint density at radius 1 is 1.05 bits per heavy atom. The van der Waals surface area contributed by atoms with Crippen LogP contribution in [-0.4, -0.2) is 50.4 Å². The average molecular weight is 550 g/mol. The highest BCUT2D eigenvalue weighted by molar-refractivity contribution is 5.95. The highest BCUT2D eigenvalue weighted by atomic mass is 16.5. The summed E-state index contributed by atoms with van der Waals surface area (Å²) >= 11 is 0. The number of aromatic nitrogens is 3. The number of carboxylic acids is 1. The number of para-hydroxylation sites is 1. The van der Waals surface area contributed by atoms with Gasteiger partial charge in [0.25, 0.3) is 0 Å². The van der Waals surface area contributed by atoms with Gasteiger partial charge in [0.1, 0.15) is 18.2 Å². The van der Waals surface area contributed by atoms with Gasteiger partial charge in [-0.3, -0.25) is 14.4 Å². The van der Waals surface area contributed by atoms with Crippen LogP contribution in [0.5, 0.6) is 5.75 Å². The summed E-state index contributed by atoms with van der Waals surface area (Å²) in [4.78, 5) is 18.2. The lowest BCUT2D eigenvalue weighted by Gasteiger charge is -2.40. The Labute approximate surface area is 239 Å². The van der Waals surface area contributed by atoms with Crippen LogP contribution in [-0.2, 0) is 17.8 Å². The number of nitrogen functional groups attached to an aromatic ring is 1. The number of aliphatic carboxylic acids is 1. The second-order valence-corrected chi connectivity index (χ2v) is 11.3. The number of likely N-dealkylation sites (tertiary alicyclic amines) is 1. The van der Waals surface area contributed by atoms with Crippen molar-refractivity contribution in [2.75, 3.05) is 25.4 Å². The van der Waals surface area contributed by atoms with Crippen LogP contribution in [0.4, 0.5) is 5.82 Å². The Bertz CT molecular complexity index is 1720. The van der Waals surface area contributed by atoms with Gasteiger partial charge < -0.3 is 15.6 Å². The van der Waals surface area contributed by atoms with Crippen LogP contribution in [0, 0.1) is 5.92 Å². The summed E-state index contributed by atoms with van der Waals surface area (Å²) in [6.45, 7) is 7.79. The van der Waals surface area contributed by atoms with Crippen molar-refractivity contribution in [3.63, 3.8) is 0 Å². The summed E-state index contributed by atoms with van der Waals surface area (Å²) < 4.78 is 8.44. The summed E-state index contributed by atoms with van der Waals surface area (Å²) in [7, 11) is 0. The standard InChI is InChI=1S/C33H35N5O3/c1-21(2)12-14-37-18-26(19-37)38-30(20-41-31-6-4-3-5-25(31)17-32(39)40)28-16-24(9-10-29(28)36-38)23-8-7-22-11-13-35-33(34)27(22)15-23/h3-11,13,15-16,21,26H,12,14,17-20H2,1-2H3,(H2,34,35)(H,39,40). The average Bonchev–Trinajstić information content (AvgIpc) is 3.28. The molecule has 0 atom stereocenters. The number of ether oxygens (including phenoxy) is 1. The third-order valence-corrected chi connectivity index (χ3v) is 7.91. The summed E-state index contributed by atoms with van der Waals surface area (Å²) in [5, 5.41) is 17.4. The van der Waals surface area contributed by atoms with Gasteiger partial charge in [0.15, 0.2) is 0 Å². The zero-order valence-corrected chi connectivity index (χ0v) is 23.5. The van der Waals surface area contributed by atoms with Gasteiger partial charge in [0.05, 0.1) is 23.7 Å². The number of carbonyl (C=O) groups is 1. The first kappa shape index (κ1) is 26.8. The molecule has 1 aliphatic rings. The number of benzene rings is 3. The van der Waals surface area contributed by atoms with Crippen molar-refractivity contribution in [1.29, 1.82) is 0 Å². The largest absolute Gasteiger partial charge is 0.487 e. The number of anilines is 1. The van der Waals surface area contributed by atoms with Crippen LogP contribution in [0.1, 0.15) is 37.6 Å². The van der Waals surface area contributed by atoms with Gasteiger partial charge in [-0.25, -0.2) is 4.98 Å². The topological polar surface area (TPSA) is 107 Å². The van der Waals surface area contributed by atoms with E-state index in [0.29, 0.717) is 23.0 Å². The Hall–Kier alpha value is -4.43. The molecule has 2 aromatic heterocycles. The summed E-state index contributed by atoms with van der Waals surface area (Å²) in [5.41, 5.74) is 10.8. The maximum atomic E-state index is 11.4. The molecule has 0 unspecified atom stereocenters. The number of hydrogen-bond acceptors (Lipinski definition) is 6. The van der Waals surface area contributed by atoms with E-state index in [9.17, 15) is 9.90 Å². The van der Waals surface area contributed by atoms with Crippen LogP contribution < -0.4 is 10.5 Å². The second kappa shape index (κ2) is 11.2. The van der Waals surface area contributed by atoms with E-state index >= 15 is 0 Å². The maximum Gasteiger partial charge on any atom is 0.307 e. The van der Waals surface area contributed by atoms with Crippen LogP contribution in [0.2, 0.25) is 0 Å². The molecule has 0 radical (unpaired) electrons. The van der Waals surface area contributed by atoms with Crippen molar-refractivity contribution < 1.29 is 14.6 Å². The van der Waals surface area contributed by atoms with E-state index in [-0.39, 0.29) is 19.1 Å². The van der Waals surface area contributed by atoms with Crippen molar-refractivity contribution in [2.45, 2.75) is 39.3 Å². The highest BCUT2D eigenvalue weighted by Gasteiger charge is 2.31. The monoisotopic (exact) mass is 549 g/mol. The fourth-order valence-electron chi connectivity index (χ4n) is 5.57. The molecule has 3 N–H and O–H groups in total. The molecule has 1 fully saturated rings. The number of fused-ring (bicyclic) bond motifs is 2. The Morgan fingerprint density at radius 2 is 1.80 bits per heavy atom. The van der Waals surface area contributed by atoms with Crippen LogP contribution in [0.25, 0.3) is 32.8 Å². The van der Waals surface area contributed by atoms with Crippen molar-refractivity contribution >= 4 is 33.5 Å². The fourth-order valence-corrected chi connectivity index (χ4v) is 5.57. The smallest absolute Gasteiger partial charge is 0.307 e. The van der Waals surface area contributed by atoms with E-state index in [2.05, 4.69) is 64.8 Å². The third-order valence-electron chi connectivity index (χ3n) is 7.91. The SMILES string of the molecule is CC(C)CCN1CC(n2nc3ccc(-c4ccc5ccnc(N)c5c4)cc3c2COc2ccccc2CC(=O)O)C1. The summed E-state index contributed by atoms with van der Waals surface area (Å²) in [6, 6.07) is 22.1. The Balaban J connectivity index is 1.36. The van der Waals surface area contributed by atoms with E-state index in [1.165, 1.54) is 6.42 Å². The molecule has 8 nitrogen and oxygen atoms in total. The lowest BCUT2D eigenvalue weighted by Crippen LogP contribution is -2.48. The molecule has 3 aromatic carbocycles. The zero-order chi connectivity index (χ0) is 28.5. The summed E-state index contributed by atoms with van der Waals surface area (Å²) in [6.07, 6.45) is 2.82. The van der Waals surface area contributed by atoms with E-state index in [1.54, 1.807) is 12.3 Å². The van der Waals surface area contributed by atoms with Crippen molar-refractivity contribution in [3.8, 4) is 16.9 Å². The number of nitrogens with zero attached hydrogens (tertiary/aromatic N) is 4. The lowest BCUT2D eigenvalue weighted by molar-refractivity contribution is -0.136. The van der Waals surface area contributed by atoms with E-state index in [0.717, 1.165) is 58.1 Å². The number of nitrogens with two attached hydrogens (primary N) is 1. The van der Waals surface area contributed by atoms with Gasteiger partial charge in [-0.2, -0.15) is 5.10 Å². The quantitative estimate of drug-likeness (QED) is 0.222. The lowest BCUT2D eigenvalue weighted by atomic mass is 10.00. The van der Waals surface area contributed by atoms with Crippen molar-refractivity contribution in [2.24, 2.45) is 5.92 Å². The van der Waals surface area contributed by atoms with Gasteiger partial charge in [0, 0.05) is 35.6 Å². The molecule has 1 saturated heterocycles. The third kappa shape index (κ3) is 5.60. The predicted molar refractivity (Wildman–Crippen MR) is 162 cm³/mol. The second-order valence-electron chi connectivity index (χ2n) is 11.3. The normalized spacial score (nSPS) is 14.1. The van der Waals surface area contributed by atoms with Gasteiger partial charge in [-0.05, 0) is 65.7 Å². The zero-order valence-electron chi connectivity index (χ0n) is 23.5. The Morgan fingerprint density at radius 3 is 2.59 bits per heavy atom.